The molecule has 1 saturated heterocycles. The Hall–Kier alpha value is -1.11. The highest BCUT2D eigenvalue weighted by molar-refractivity contribution is 6.32. The predicted octanol–water partition coefficient (Wildman–Crippen LogP) is 0.558. The molecule has 0 aromatic carbocycles. The average Bonchev–Trinajstić information content (AvgIpc) is 2.40. The van der Waals surface area contributed by atoms with Gasteiger partial charge in [-0.1, -0.05) is 11.6 Å². The Kier molecular flexibility index (Phi) is 4.98. The highest BCUT2D eigenvalue weighted by atomic mass is 35.5. The third-order valence-corrected chi connectivity index (χ3v) is 3.19. The van der Waals surface area contributed by atoms with E-state index in [1.54, 1.807) is 0 Å². The second kappa shape index (κ2) is 6.72. The molecule has 1 aliphatic rings. The van der Waals surface area contributed by atoms with E-state index in [0.29, 0.717) is 5.82 Å². The number of aromatic amines is 1. The van der Waals surface area contributed by atoms with Gasteiger partial charge in [0, 0.05) is 19.6 Å². The molecule has 0 bridgehead atoms. The number of aromatic nitrogens is 2. The molecule has 0 unspecified atom stereocenters. The van der Waals surface area contributed by atoms with E-state index in [0.717, 1.165) is 45.8 Å². The van der Waals surface area contributed by atoms with Gasteiger partial charge in [0.1, 0.15) is 5.02 Å². The molecule has 2 rings (SSSR count). The summed E-state index contributed by atoms with van der Waals surface area (Å²) in [6.07, 6.45) is 2.32. The van der Waals surface area contributed by atoms with Gasteiger partial charge in [0.25, 0.3) is 5.56 Å². The molecule has 1 aromatic rings. The molecule has 0 spiro atoms. The van der Waals surface area contributed by atoms with Crippen LogP contribution in [0, 0.1) is 0 Å². The van der Waals surface area contributed by atoms with Crippen molar-refractivity contribution in [3.8, 4) is 0 Å². The van der Waals surface area contributed by atoms with Gasteiger partial charge < -0.3 is 15.0 Å². The van der Waals surface area contributed by atoms with Crippen molar-refractivity contribution in [2.75, 3.05) is 44.7 Å². The summed E-state index contributed by atoms with van der Waals surface area (Å²) < 4.78 is 5.28. The number of halogens is 1. The summed E-state index contributed by atoms with van der Waals surface area (Å²) in [5.74, 6) is 0.447. The van der Waals surface area contributed by atoms with E-state index in [-0.39, 0.29) is 10.6 Å². The van der Waals surface area contributed by atoms with E-state index in [2.05, 4.69) is 20.2 Å². The Morgan fingerprint density at radius 1 is 1.50 bits per heavy atom. The van der Waals surface area contributed by atoms with Crippen LogP contribution in [0.3, 0.4) is 0 Å². The number of hydrogen-bond donors (Lipinski definition) is 2. The van der Waals surface area contributed by atoms with Crippen LogP contribution < -0.4 is 10.9 Å². The Morgan fingerprint density at radius 2 is 2.28 bits per heavy atom. The van der Waals surface area contributed by atoms with Crippen LogP contribution in [0.25, 0.3) is 0 Å². The minimum Gasteiger partial charge on any atom is -0.379 e. The van der Waals surface area contributed by atoms with Crippen LogP contribution >= 0.6 is 11.6 Å². The van der Waals surface area contributed by atoms with E-state index >= 15 is 0 Å². The molecule has 2 heterocycles. The van der Waals surface area contributed by atoms with Gasteiger partial charge in [-0.05, 0) is 13.0 Å². The van der Waals surface area contributed by atoms with Crippen molar-refractivity contribution >= 4 is 17.4 Å². The minimum atomic E-state index is -0.317. The van der Waals surface area contributed by atoms with Crippen LogP contribution in [-0.4, -0.2) is 54.3 Å². The number of rotatable bonds is 5. The normalized spacial score (nSPS) is 16.7. The molecule has 0 amide bonds. The zero-order chi connectivity index (χ0) is 12.8. The van der Waals surface area contributed by atoms with Gasteiger partial charge in [-0.25, -0.2) is 4.98 Å². The topological polar surface area (TPSA) is 70.2 Å². The first kappa shape index (κ1) is 13.3. The zero-order valence-electron chi connectivity index (χ0n) is 10.1. The SMILES string of the molecule is O=c1[nH]cnc(NCCCN2CCOCC2)c1Cl. The third kappa shape index (κ3) is 3.69. The fraction of sp³-hybridized carbons (Fsp3) is 0.636. The predicted molar refractivity (Wildman–Crippen MR) is 70.2 cm³/mol. The van der Waals surface area contributed by atoms with Crippen molar-refractivity contribution in [1.82, 2.24) is 14.9 Å². The molecule has 0 aliphatic carbocycles. The van der Waals surface area contributed by atoms with E-state index in [9.17, 15) is 4.79 Å². The molecule has 0 atom stereocenters. The highest BCUT2D eigenvalue weighted by Gasteiger charge is 2.09. The largest absolute Gasteiger partial charge is 0.379 e. The molecule has 1 aromatic heterocycles. The fourth-order valence-corrected chi connectivity index (χ4v) is 2.01. The highest BCUT2D eigenvalue weighted by Crippen LogP contribution is 2.11. The summed E-state index contributed by atoms with van der Waals surface area (Å²) in [7, 11) is 0. The number of H-pyrrole nitrogens is 1. The lowest BCUT2D eigenvalue weighted by molar-refractivity contribution is 0.0378. The quantitative estimate of drug-likeness (QED) is 0.767. The van der Waals surface area contributed by atoms with Crippen molar-refractivity contribution in [1.29, 1.82) is 0 Å². The molecule has 2 N–H and O–H groups in total. The van der Waals surface area contributed by atoms with Gasteiger partial charge in [-0.3, -0.25) is 9.69 Å². The molecule has 1 fully saturated rings. The van der Waals surface area contributed by atoms with E-state index < -0.39 is 0 Å². The van der Waals surface area contributed by atoms with Crippen LogP contribution in [0.4, 0.5) is 5.82 Å². The Morgan fingerprint density at radius 3 is 3.06 bits per heavy atom. The van der Waals surface area contributed by atoms with Crippen LogP contribution in [0.1, 0.15) is 6.42 Å². The van der Waals surface area contributed by atoms with Gasteiger partial charge in [0.05, 0.1) is 19.5 Å². The second-order valence-corrected chi connectivity index (χ2v) is 4.51. The molecule has 18 heavy (non-hydrogen) atoms. The molecule has 1 aliphatic heterocycles. The summed E-state index contributed by atoms with van der Waals surface area (Å²) >= 11 is 5.83. The maximum atomic E-state index is 11.2. The van der Waals surface area contributed by atoms with Crippen molar-refractivity contribution in [3.05, 3.63) is 21.7 Å². The van der Waals surface area contributed by atoms with Crippen LogP contribution in [0.2, 0.25) is 5.02 Å². The number of morpholine rings is 1. The molecule has 7 heteroatoms. The number of hydrogen-bond acceptors (Lipinski definition) is 5. The number of nitrogens with zero attached hydrogens (tertiary/aromatic N) is 2. The summed E-state index contributed by atoms with van der Waals surface area (Å²) in [6, 6.07) is 0. The molecule has 100 valence electrons. The van der Waals surface area contributed by atoms with Crippen LogP contribution in [0.15, 0.2) is 11.1 Å². The second-order valence-electron chi connectivity index (χ2n) is 4.13. The van der Waals surface area contributed by atoms with Crippen molar-refractivity contribution in [2.45, 2.75) is 6.42 Å². The Balaban J connectivity index is 1.71. The lowest BCUT2D eigenvalue weighted by Gasteiger charge is -2.26. The zero-order valence-corrected chi connectivity index (χ0v) is 10.9. The van der Waals surface area contributed by atoms with Gasteiger partial charge in [-0.2, -0.15) is 0 Å². The molecular weight excluding hydrogens is 256 g/mol. The first-order valence-corrected chi connectivity index (χ1v) is 6.42. The molecular formula is C11H17ClN4O2. The van der Waals surface area contributed by atoms with Gasteiger partial charge >= 0.3 is 0 Å². The molecule has 0 saturated carbocycles. The Bertz CT molecular complexity index is 431. The first-order chi connectivity index (χ1) is 8.77. The van der Waals surface area contributed by atoms with Crippen LogP contribution in [-0.2, 0) is 4.74 Å². The standard InChI is InChI=1S/C11H17ClN4O2/c12-9-10(14-8-15-11(9)17)13-2-1-3-16-4-6-18-7-5-16/h8H,1-7H2,(H2,13,14,15,17). The molecule has 6 nitrogen and oxygen atoms in total. The van der Waals surface area contributed by atoms with E-state index in [1.165, 1.54) is 6.33 Å². The number of anilines is 1. The first-order valence-electron chi connectivity index (χ1n) is 6.04. The maximum absolute atomic E-state index is 11.2. The lowest BCUT2D eigenvalue weighted by Crippen LogP contribution is -2.37. The summed E-state index contributed by atoms with van der Waals surface area (Å²) in [5.41, 5.74) is -0.317. The van der Waals surface area contributed by atoms with Crippen molar-refractivity contribution < 1.29 is 4.74 Å². The summed E-state index contributed by atoms with van der Waals surface area (Å²) in [5, 5.41) is 3.19. The summed E-state index contributed by atoms with van der Waals surface area (Å²) in [6.45, 7) is 5.36. The minimum absolute atomic E-state index is 0.115. The Labute approximate surface area is 110 Å². The van der Waals surface area contributed by atoms with Crippen LogP contribution in [0.5, 0.6) is 0 Å². The van der Waals surface area contributed by atoms with Gasteiger partial charge in [0.15, 0.2) is 5.82 Å². The fourth-order valence-electron chi connectivity index (χ4n) is 1.84. The maximum Gasteiger partial charge on any atom is 0.271 e. The summed E-state index contributed by atoms with van der Waals surface area (Å²) in [4.78, 5) is 20.0. The third-order valence-electron chi connectivity index (χ3n) is 2.84. The smallest absolute Gasteiger partial charge is 0.271 e. The average molecular weight is 273 g/mol. The van der Waals surface area contributed by atoms with Gasteiger partial charge in [0.2, 0.25) is 0 Å². The van der Waals surface area contributed by atoms with Crippen molar-refractivity contribution in [3.63, 3.8) is 0 Å². The number of ether oxygens (including phenoxy) is 1. The van der Waals surface area contributed by atoms with E-state index in [4.69, 9.17) is 16.3 Å². The molecule has 0 radical (unpaired) electrons. The number of nitrogens with one attached hydrogen (secondary N) is 2. The van der Waals surface area contributed by atoms with Gasteiger partial charge in [-0.15, -0.1) is 0 Å². The monoisotopic (exact) mass is 272 g/mol. The van der Waals surface area contributed by atoms with Crippen molar-refractivity contribution in [2.24, 2.45) is 0 Å². The van der Waals surface area contributed by atoms with E-state index in [1.807, 2.05) is 0 Å². The lowest BCUT2D eigenvalue weighted by atomic mass is 10.3.